The summed E-state index contributed by atoms with van der Waals surface area (Å²) in [4.78, 5) is 14.6. The van der Waals surface area contributed by atoms with Gasteiger partial charge in [0.2, 0.25) is 0 Å². The van der Waals surface area contributed by atoms with Crippen molar-refractivity contribution in [1.29, 1.82) is 0 Å². The third kappa shape index (κ3) is 1.99. The first kappa shape index (κ1) is 10.9. The lowest BCUT2D eigenvalue weighted by atomic mass is 10.0. The van der Waals surface area contributed by atoms with Gasteiger partial charge < -0.3 is 10.7 Å². The fourth-order valence-electron chi connectivity index (χ4n) is 1.91. The first-order valence-corrected chi connectivity index (χ1v) is 5.55. The van der Waals surface area contributed by atoms with Crippen LogP contribution in [0.3, 0.4) is 0 Å². The molecule has 2 rings (SSSR count). The number of carbonyl (C=O) groups excluding carboxylic acids is 1. The van der Waals surface area contributed by atoms with Gasteiger partial charge in [0.25, 0.3) is 0 Å². The zero-order chi connectivity index (χ0) is 11.5. The van der Waals surface area contributed by atoms with Crippen LogP contribution < -0.4 is 5.73 Å². The first-order chi connectivity index (χ1) is 7.72. The van der Waals surface area contributed by atoms with Gasteiger partial charge in [0.15, 0.2) is 0 Å². The van der Waals surface area contributed by atoms with E-state index in [0.29, 0.717) is 12.8 Å². The van der Waals surface area contributed by atoms with Crippen molar-refractivity contribution >= 4 is 16.7 Å². The van der Waals surface area contributed by atoms with Crippen molar-refractivity contribution in [2.24, 2.45) is 5.73 Å². The van der Waals surface area contributed by atoms with Crippen molar-refractivity contribution in [3.05, 3.63) is 36.0 Å². The van der Waals surface area contributed by atoms with Crippen molar-refractivity contribution in [3.63, 3.8) is 0 Å². The number of nitrogens with two attached hydrogens (primary N) is 1. The molecule has 1 atom stereocenters. The highest BCUT2D eigenvalue weighted by atomic mass is 16.1. The average Bonchev–Trinajstić information content (AvgIpc) is 2.72. The summed E-state index contributed by atoms with van der Waals surface area (Å²) in [5.41, 5.74) is 8.05. The highest BCUT2D eigenvalue weighted by Crippen LogP contribution is 2.18. The second-order valence-electron chi connectivity index (χ2n) is 3.99. The molecule has 1 aromatic heterocycles. The molecule has 3 nitrogen and oxygen atoms in total. The predicted molar refractivity (Wildman–Crippen MR) is 65.3 cm³/mol. The van der Waals surface area contributed by atoms with Gasteiger partial charge in [-0.2, -0.15) is 0 Å². The Morgan fingerprint density at radius 2 is 2.19 bits per heavy atom. The number of aromatic amines is 1. The number of hydrogen-bond donors (Lipinski definition) is 2. The molecule has 0 unspecified atom stereocenters. The van der Waals surface area contributed by atoms with Gasteiger partial charge in [-0.3, -0.25) is 4.79 Å². The number of fused-ring (bicyclic) bond motifs is 1. The van der Waals surface area contributed by atoms with Gasteiger partial charge in [-0.05, 0) is 18.1 Å². The van der Waals surface area contributed by atoms with Crippen LogP contribution in [0.5, 0.6) is 0 Å². The Morgan fingerprint density at radius 1 is 1.44 bits per heavy atom. The summed E-state index contributed by atoms with van der Waals surface area (Å²) in [5.74, 6) is 0.116. The zero-order valence-corrected chi connectivity index (χ0v) is 9.36. The number of carbonyl (C=O) groups is 1. The molecule has 0 bridgehead atoms. The van der Waals surface area contributed by atoms with E-state index in [1.807, 2.05) is 37.4 Å². The van der Waals surface area contributed by atoms with Crippen LogP contribution in [0.4, 0.5) is 0 Å². The lowest BCUT2D eigenvalue weighted by molar-refractivity contribution is -0.119. The summed E-state index contributed by atoms with van der Waals surface area (Å²) in [7, 11) is 0. The van der Waals surface area contributed by atoms with Crippen molar-refractivity contribution in [1.82, 2.24) is 4.98 Å². The molecule has 0 aliphatic heterocycles. The summed E-state index contributed by atoms with van der Waals surface area (Å²) in [6.45, 7) is 1.84. The summed E-state index contributed by atoms with van der Waals surface area (Å²) >= 11 is 0. The summed E-state index contributed by atoms with van der Waals surface area (Å²) in [6.07, 6.45) is 3.05. The van der Waals surface area contributed by atoms with Crippen LogP contribution in [0.1, 0.15) is 18.9 Å². The molecule has 84 valence electrons. The number of Topliss-reactive ketones (excluding diaryl/α,β-unsaturated/α-hetero) is 1. The molecule has 2 aromatic rings. The van der Waals surface area contributed by atoms with Crippen molar-refractivity contribution < 1.29 is 4.79 Å². The largest absolute Gasteiger partial charge is 0.361 e. The smallest absolute Gasteiger partial charge is 0.149 e. The standard InChI is InChI=1S/C13H16N2O/c1-2-13(16)11(14)7-9-8-15-12-6-4-3-5-10(9)12/h3-6,8,11,15H,2,7,14H2,1H3/t11-/m0/s1. The van der Waals surface area contributed by atoms with E-state index in [0.717, 1.165) is 16.5 Å². The van der Waals surface area contributed by atoms with E-state index in [1.54, 1.807) is 0 Å². The quantitative estimate of drug-likeness (QED) is 0.821. The second kappa shape index (κ2) is 4.49. The number of benzene rings is 1. The fourth-order valence-corrected chi connectivity index (χ4v) is 1.91. The third-order valence-corrected chi connectivity index (χ3v) is 2.88. The van der Waals surface area contributed by atoms with Gasteiger partial charge >= 0.3 is 0 Å². The van der Waals surface area contributed by atoms with Crippen LogP contribution >= 0.6 is 0 Å². The molecular weight excluding hydrogens is 200 g/mol. The highest BCUT2D eigenvalue weighted by molar-refractivity contribution is 5.86. The van der Waals surface area contributed by atoms with Crippen LogP contribution in [0.15, 0.2) is 30.5 Å². The lowest BCUT2D eigenvalue weighted by Gasteiger charge is -2.07. The number of hydrogen-bond acceptors (Lipinski definition) is 2. The Balaban J connectivity index is 2.24. The number of ketones is 1. The maximum absolute atomic E-state index is 11.4. The molecular formula is C13H16N2O. The Morgan fingerprint density at radius 3 is 2.94 bits per heavy atom. The topological polar surface area (TPSA) is 58.9 Å². The van der Waals surface area contributed by atoms with E-state index in [1.165, 1.54) is 0 Å². The molecule has 0 saturated heterocycles. The molecule has 0 fully saturated rings. The summed E-state index contributed by atoms with van der Waals surface area (Å²) in [6, 6.07) is 7.66. The van der Waals surface area contributed by atoms with Gasteiger partial charge in [0, 0.05) is 23.5 Å². The first-order valence-electron chi connectivity index (χ1n) is 5.55. The van der Waals surface area contributed by atoms with Gasteiger partial charge in [-0.1, -0.05) is 25.1 Å². The molecule has 0 radical (unpaired) electrons. The van der Waals surface area contributed by atoms with Crippen molar-refractivity contribution in [2.45, 2.75) is 25.8 Å². The number of H-pyrrole nitrogens is 1. The molecule has 1 aromatic carbocycles. The lowest BCUT2D eigenvalue weighted by Crippen LogP contribution is -2.31. The molecule has 16 heavy (non-hydrogen) atoms. The fraction of sp³-hybridized carbons (Fsp3) is 0.308. The van der Waals surface area contributed by atoms with Crippen molar-refractivity contribution in [2.75, 3.05) is 0 Å². The molecule has 0 amide bonds. The number of nitrogens with one attached hydrogen (secondary N) is 1. The van der Waals surface area contributed by atoms with E-state index >= 15 is 0 Å². The number of rotatable bonds is 4. The Labute approximate surface area is 94.6 Å². The maximum Gasteiger partial charge on any atom is 0.149 e. The normalized spacial score (nSPS) is 12.9. The SMILES string of the molecule is CCC(=O)[C@@H](N)Cc1c[nH]c2ccccc12. The summed E-state index contributed by atoms with van der Waals surface area (Å²) in [5, 5.41) is 1.15. The minimum atomic E-state index is -0.385. The van der Waals surface area contributed by atoms with Gasteiger partial charge in [-0.25, -0.2) is 0 Å². The predicted octanol–water partition coefficient (Wildman–Crippen LogP) is 2.02. The average molecular weight is 216 g/mol. The van der Waals surface area contributed by atoms with E-state index < -0.39 is 0 Å². The monoisotopic (exact) mass is 216 g/mol. The third-order valence-electron chi connectivity index (χ3n) is 2.88. The molecule has 0 aliphatic carbocycles. The Bertz CT molecular complexity index is 501. The molecule has 3 N–H and O–H groups in total. The molecule has 1 heterocycles. The van der Waals surface area contributed by atoms with Crippen LogP contribution in [0, 0.1) is 0 Å². The Hall–Kier alpha value is -1.61. The van der Waals surface area contributed by atoms with Gasteiger partial charge in [0.05, 0.1) is 6.04 Å². The maximum atomic E-state index is 11.4. The highest BCUT2D eigenvalue weighted by Gasteiger charge is 2.13. The van der Waals surface area contributed by atoms with E-state index in [2.05, 4.69) is 4.98 Å². The minimum Gasteiger partial charge on any atom is -0.361 e. The van der Waals surface area contributed by atoms with E-state index in [-0.39, 0.29) is 11.8 Å². The van der Waals surface area contributed by atoms with Gasteiger partial charge in [-0.15, -0.1) is 0 Å². The van der Waals surface area contributed by atoms with Crippen molar-refractivity contribution in [3.8, 4) is 0 Å². The van der Waals surface area contributed by atoms with Crippen LogP contribution in [0.2, 0.25) is 0 Å². The molecule has 0 aliphatic rings. The molecule has 3 heteroatoms. The molecule has 0 saturated carbocycles. The number of aromatic nitrogens is 1. The zero-order valence-electron chi connectivity index (χ0n) is 9.36. The minimum absolute atomic E-state index is 0.116. The van der Waals surface area contributed by atoms with Crippen LogP contribution in [0.25, 0.3) is 10.9 Å². The van der Waals surface area contributed by atoms with Crippen LogP contribution in [-0.4, -0.2) is 16.8 Å². The number of para-hydroxylation sites is 1. The second-order valence-corrected chi connectivity index (χ2v) is 3.99. The molecule has 0 spiro atoms. The van der Waals surface area contributed by atoms with E-state index in [9.17, 15) is 4.79 Å². The van der Waals surface area contributed by atoms with E-state index in [4.69, 9.17) is 5.73 Å². The Kier molecular flexibility index (Phi) is 3.06. The van der Waals surface area contributed by atoms with Gasteiger partial charge in [0.1, 0.15) is 5.78 Å². The van der Waals surface area contributed by atoms with Crippen LogP contribution in [-0.2, 0) is 11.2 Å². The summed E-state index contributed by atoms with van der Waals surface area (Å²) < 4.78 is 0.